The molecular weight excluding hydrogens is 262 g/mol. The number of nitrogens with zero attached hydrogens (tertiary/aromatic N) is 2. The molecular formula is C13H21N3O2S. The molecule has 1 aromatic rings. The van der Waals surface area contributed by atoms with Crippen LogP contribution in [0.5, 0.6) is 0 Å². The molecule has 19 heavy (non-hydrogen) atoms. The van der Waals surface area contributed by atoms with Gasteiger partial charge in [-0.25, -0.2) is 9.78 Å². The highest BCUT2D eigenvalue weighted by atomic mass is 32.1. The van der Waals surface area contributed by atoms with E-state index in [-0.39, 0.29) is 12.0 Å². The van der Waals surface area contributed by atoms with Gasteiger partial charge in [-0.1, -0.05) is 0 Å². The summed E-state index contributed by atoms with van der Waals surface area (Å²) in [6.07, 6.45) is 1.78. The highest BCUT2D eigenvalue weighted by molar-refractivity contribution is 7.13. The average Bonchev–Trinajstić information content (AvgIpc) is 2.74. The lowest BCUT2D eigenvalue weighted by Crippen LogP contribution is -2.42. The molecule has 1 aliphatic rings. The number of hydrogen-bond donors (Lipinski definition) is 1. The maximum Gasteiger partial charge on any atom is 0.410 e. The maximum atomic E-state index is 12.1. The van der Waals surface area contributed by atoms with E-state index < -0.39 is 5.60 Å². The minimum absolute atomic E-state index is 0.236. The lowest BCUT2D eigenvalue weighted by molar-refractivity contribution is 0.0197. The number of nitrogen functional groups attached to an aromatic ring is 1. The molecule has 2 rings (SSSR count). The van der Waals surface area contributed by atoms with Crippen LogP contribution in [0, 0.1) is 0 Å². The lowest BCUT2D eigenvalue weighted by Gasteiger charge is -2.33. The van der Waals surface area contributed by atoms with E-state index in [1.165, 1.54) is 11.3 Å². The molecule has 106 valence electrons. The molecule has 1 saturated heterocycles. The molecule has 1 fully saturated rings. The van der Waals surface area contributed by atoms with Crippen molar-refractivity contribution in [2.24, 2.45) is 0 Å². The van der Waals surface area contributed by atoms with Crippen LogP contribution >= 0.6 is 11.3 Å². The Labute approximate surface area is 117 Å². The third-order valence-corrected chi connectivity index (χ3v) is 3.72. The van der Waals surface area contributed by atoms with E-state index in [9.17, 15) is 4.79 Å². The number of ether oxygens (including phenoxy) is 1. The van der Waals surface area contributed by atoms with Gasteiger partial charge in [0, 0.05) is 24.4 Å². The molecule has 0 radical (unpaired) electrons. The number of rotatable bonds is 1. The molecule has 0 aromatic carbocycles. The SMILES string of the molecule is CC(C)(C)OC(=O)N1CCCC(c2csc(N)n2)C1. The van der Waals surface area contributed by atoms with Crippen molar-refractivity contribution in [1.82, 2.24) is 9.88 Å². The molecule has 1 aromatic heterocycles. The van der Waals surface area contributed by atoms with Gasteiger partial charge in [-0.2, -0.15) is 0 Å². The molecule has 6 heteroatoms. The fraction of sp³-hybridized carbons (Fsp3) is 0.692. The molecule has 0 saturated carbocycles. The summed E-state index contributed by atoms with van der Waals surface area (Å²) in [5.74, 6) is 0.273. The van der Waals surface area contributed by atoms with Crippen molar-refractivity contribution in [3.05, 3.63) is 11.1 Å². The zero-order chi connectivity index (χ0) is 14.0. The van der Waals surface area contributed by atoms with E-state index in [1.54, 1.807) is 4.90 Å². The van der Waals surface area contributed by atoms with Gasteiger partial charge in [-0.3, -0.25) is 0 Å². The number of nitrogens with two attached hydrogens (primary N) is 1. The number of thiazole rings is 1. The van der Waals surface area contributed by atoms with Crippen molar-refractivity contribution in [2.45, 2.75) is 45.1 Å². The predicted octanol–water partition coefficient (Wildman–Crippen LogP) is 2.84. The van der Waals surface area contributed by atoms with Gasteiger partial charge >= 0.3 is 6.09 Å². The zero-order valence-electron chi connectivity index (χ0n) is 11.7. The largest absolute Gasteiger partial charge is 0.444 e. The molecule has 5 nitrogen and oxygen atoms in total. The second-order valence-electron chi connectivity index (χ2n) is 5.88. The standard InChI is InChI=1S/C13H21N3O2S/c1-13(2,3)18-12(17)16-6-4-5-9(7-16)10-8-19-11(14)15-10/h8-9H,4-7H2,1-3H3,(H2,14,15). The minimum atomic E-state index is -0.449. The summed E-state index contributed by atoms with van der Waals surface area (Å²) in [5.41, 5.74) is 6.21. The van der Waals surface area contributed by atoms with Gasteiger partial charge in [0.25, 0.3) is 0 Å². The third kappa shape index (κ3) is 3.83. The van der Waals surface area contributed by atoms with Crippen molar-refractivity contribution in [3.8, 4) is 0 Å². The number of amides is 1. The van der Waals surface area contributed by atoms with E-state index in [2.05, 4.69) is 4.98 Å². The number of carbonyl (C=O) groups excluding carboxylic acids is 1. The van der Waals surface area contributed by atoms with Crippen molar-refractivity contribution < 1.29 is 9.53 Å². The van der Waals surface area contributed by atoms with E-state index in [1.807, 2.05) is 26.2 Å². The van der Waals surface area contributed by atoms with Gasteiger partial charge in [0.1, 0.15) is 5.60 Å². The number of carbonyl (C=O) groups is 1. The Kier molecular flexibility index (Phi) is 3.99. The molecule has 0 spiro atoms. The molecule has 1 unspecified atom stereocenters. The number of piperidine rings is 1. The van der Waals surface area contributed by atoms with Crippen LogP contribution in [0.1, 0.15) is 45.2 Å². The highest BCUT2D eigenvalue weighted by Gasteiger charge is 2.29. The molecule has 2 heterocycles. The van der Waals surface area contributed by atoms with Gasteiger partial charge in [0.2, 0.25) is 0 Å². The van der Waals surface area contributed by atoms with Crippen LogP contribution in [-0.4, -0.2) is 34.7 Å². The van der Waals surface area contributed by atoms with Gasteiger partial charge in [-0.15, -0.1) is 11.3 Å². The Bertz CT molecular complexity index is 453. The Morgan fingerprint density at radius 1 is 1.58 bits per heavy atom. The van der Waals surface area contributed by atoms with Crippen LogP contribution in [0.4, 0.5) is 9.93 Å². The molecule has 2 N–H and O–H groups in total. The number of likely N-dealkylation sites (tertiary alicyclic amines) is 1. The third-order valence-electron chi connectivity index (χ3n) is 3.03. The normalized spacial score (nSPS) is 20.4. The van der Waals surface area contributed by atoms with E-state index in [0.29, 0.717) is 11.7 Å². The topological polar surface area (TPSA) is 68.5 Å². The van der Waals surface area contributed by atoms with Crippen molar-refractivity contribution in [3.63, 3.8) is 0 Å². The van der Waals surface area contributed by atoms with Gasteiger partial charge in [0.15, 0.2) is 5.13 Å². The summed E-state index contributed by atoms with van der Waals surface area (Å²) in [6, 6.07) is 0. The smallest absolute Gasteiger partial charge is 0.410 e. The first kappa shape index (κ1) is 14.1. The fourth-order valence-corrected chi connectivity index (χ4v) is 2.84. The molecule has 1 amide bonds. The Morgan fingerprint density at radius 3 is 2.89 bits per heavy atom. The van der Waals surface area contributed by atoms with Crippen LogP contribution in [0.25, 0.3) is 0 Å². The van der Waals surface area contributed by atoms with Gasteiger partial charge < -0.3 is 15.4 Å². The highest BCUT2D eigenvalue weighted by Crippen LogP contribution is 2.29. The van der Waals surface area contributed by atoms with Crippen LogP contribution in [0.15, 0.2) is 5.38 Å². The summed E-state index contributed by atoms with van der Waals surface area (Å²) in [4.78, 5) is 18.2. The summed E-state index contributed by atoms with van der Waals surface area (Å²) in [6.45, 7) is 7.07. The quantitative estimate of drug-likeness (QED) is 0.860. The van der Waals surface area contributed by atoms with Crippen LogP contribution in [0.2, 0.25) is 0 Å². The molecule has 0 aliphatic carbocycles. The number of aromatic nitrogens is 1. The zero-order valence-corrected chi connectivity index (χ0v) is 12.5. The van der Waals surface area contributed by atoms with Crippen molar-refractivity contribution in [1.29, 1.82) is 0 Å². The number of hydrogen-bond acceptors (Lipinski definition) is 5. The predicted molar refractivity (Wildman–Crippen MR) is 76.3 cm³/mol. The first-order valence-electron chi connectivity index (χ1n) is 6.54. The summed E-state index contributed by atoms with van der Waals surface area (Å²) >= 11 is 1.45. The Balaban J connectivity index is 1.99. The summed E-state index contributed by atoms with van der Waals surface area (Å²) in [5, 5.41) is 2.57. The van der Waals surface area contributed by atoms with E-state index in [4.69, 9.17) is 10.5 Å². The van der Waals surface area contributed by atoms with Gasteiger partial charge in [0.05, 0.1) is 5.69 Å². The monoisotopic (exact) mass is 283 g/mol. The van der Waals surface area contributed by atoms with E-state index >= 15 is 0 Å². The van der Waals surface area contributed by atoms with Gasteiger partial charge in [-0.05, 0) is 33.6 Å². The second-order valence-corrected chi connectivity index (χ2v) is 6.77. The van der Waals surface area contributed by atoms with Crippen molar-refractivity contribution >= 4 is 22.6 Å². The lowest BCUT2D eigenvalue weighted by atomic mass is 9.96. The number of anilines is 1. The average molecular weight is 283 g/mol. The molecule has 1 aliphatic heterocycles. The molecule has 1 atom stereocenters. The first-order valence-corrected chi connectivity index (χ1v) is 7.42. The fourth-order valence-electron chi connectivity index (χ4n) is 2.20. The van der Waals surface area contributed by atoms with Crippen LogP contribution < -0.4 is 5.73 Å². The maximum absolute atomic E-state index is 12.1. The van der Waals surface area contributed by atoms with Crippen LogP contribution in [0.3, 0.4) is 0 Å². The summed E-state index contributed by atoms with van der Waals surface area (Å²) < 4.78 is 5.41. The molecule has 0 bridgehead atoms. The van der Waals surface area contributed by atoms with Crippen LogP contribution in [-0.2, 0) is 4.74 Å². The van der Waals surface area contributed by atoms with Crippen molar-refractivity contribution in [2.75, 3.05) is 18.8 Å². The second kappa shape index (κ2) is 5.36. The minimum Gasteiger partial charge on any atom is -0.444 e. The van der Waals surface area contributed by atoms with E-state index in [0.717, 1.165) is 25.1 Å². The first-order chi connectivity index (χ1) is 8.85. The Morgan fingerprint density at radius 2 is 2.32 bits per heavy atom. The Hall–Kier alpha value is -1.30. The summed E-state index contributed by atoms with van der Waals surface area (Å²) in [7, 11) is 0.